The molecule has 0 spiro atoms. The number of furan rings is 1. The molecule has 2 aromatic rings. The fourth-order valence-corrected chi connectivity index (χ4v) is 2.98. The summed E-state index contributed by atoms with van der Waals surface area (Å²) < 4.78 is 5.55. The summed E-state index contributed by atoms with van der Waals surface area (Å²) in [5.41, 5.74) is 0. The Morgan fingerprint density at radius 2 is 2.10 bits per heavy atom. The minimum atomic E-state index is 0.0204. The number of hydrogen-bond donors (Lipinski definition) is 1. The first-order valence-corrected chi connectivity index (χ1v) is 8.40. The van der Waals surface area contributed by atoms with Crippen LogP contribution in [0.5, 0.6) is 0 Å². The maximum absolute atomic E-state index is 11.9. The van der Waals surface area contributed by atoms with Gasteiger partial charge in [-0.2, -0.15) is 0 Å². The lowest BCUT2D eigenvalue weighted by molar-refractivity contribution is 0.0956. The summed E-state index contributed by atoms with van der Waals surface area (Å²) in [4.78, 5) is 12.7. The average molecular weight is 305 g/mol. The first-order chi connectivity index (χ1) is 10.2. The van der Waals surface area contributed by atoms with E-state index in [1.165, 1.54) is 17.8 Å². The van der Waals surface area contributed by atoms with Crippen molar-refractivity contribution >= 4 is 17.2 Å². The zero-order valence-corrected chi connectivity index (χ0v) is 13.5. The van der Waals surface area contributed by atoms with Crippen molar-refractivity contribution in [1.82, 2.24) is 5.32 Å². The lowest BCUT2D eigenvalue weighted by Crippen LogP contribution is -2.24. The molecule has 0 radical (unpaired) electrons. The number of nitrogens with one attached hydrogen (secondary N) is 1. The van der Waals surface area contributed by atoms with Crippen LogP contribution in [-0.2, 0) is 0 Å². The molecule has 0 aromatic carbocycles. The molecule has 0 aliphatic rings. The van der Waals surface area contributed by atoms with Crippen LogP contribution in [0.25, 0.3) is 0 Å². The Hall–Kier alpha value is -1.55. The van der Waals surface area contributed by atoms with Gasteiger partial charge in [0.1, 0.15) is 5.76 Å². The lowest BCUT2D eigenvalue weighted by atomic mass is 9.93. The van der Waals surface area contributed by atoms with Crippen LogP contribution < -0.4 is 5.32 Å². The summed E-state index contributed by atoms with van der Waals surface area (Å²) in [6, 6.07) is 7.71. The first-order valence-electron chi connectivity index (χ1n) is 7.52. The van der Waals surface area contributed by atoms with Gasteiger partial charge in [-0.15, -0.1) is 11.3 Å². The van der Waals surface area contributed by atoms with E-state index in [4.69, 9.17) is 4.42 Å². The third-order valence-corrected chi connectivity index (χ3v) is 4.43. The van der Waals surface area contributed by atoms with Crippen molar-refractivity contribution < 1.29 is 9.21 Å². The Bertz CT molecular complexity index is 517. The molecule has 0 aliphatic carbocycles. The van der Waals surface area contributed by atoms with Crippen LogP contribution in [0.3, 0.4) is 0 Å². The number of carbonyl (C=O) groups excluding carboxylic acids is 1. The van der Waals surface area contributed by atoms with Crippen molar-refractivity contribution in [3.05, 3.63) is 46.5 Å². The van der Waals surface area contributed by atoms with E-state index >= 15 is 0 Å². The molecule has 2 aromatic heterocycles. The predicted molar refractivity (Wildman–Crippen MR) is 86.8 cm³/mol. The molecule has 0 bridgehead atoms. The van der Waals surface area contributed by atoms with Gasteiger partial charge in [-0.3, -0.25) is 4.79 Å². The Morgan fingerprint density at radius 3 is 2.71 bits per heavy atom. The van der Waals surface area contributed by atoms with Crippen LogP contribution in [-0.4, -0.2) is 12.5 Å². The summed E-state index contributed by atoms with van der Waals surface area (Å²) in [5.74, 6) is 2.11. The molecule has 0 saturated heterocycles. The van der Waals surface area contributed by atoms with Crippen LogP contribution in [0.2, 0.25) is 0 Å². The zero-order valence-electron chi connectivity index (χ0n) is 12.7. The maximum atomic E-state index is 11.9. The summed E-state index contributed by atoms with van der Waals surface area (Å²) in [7, 11) is 0. The number of amides is 1. The van der Waals surface area contributed by atoms with E-state index in [9.17, 15) is 4.79 Å². The SMILES string of the molecule is CC(C)CC[C@@H](CCNC(=O)c1cccs1)c1ccco1. The van der Waals surface area contributed by atoms with Crippen molar-refractivity contribution in [3.63, 3.8) is 0 Å². The van der Waals surface area contributed by atoms with Gasteiger partial charge in [-0.1, -0.05) is 26.3 Å². The van der Waals surface area contributed by atoms with Crippen molar-refractivity contribution in [2.24, 2.45) is 5.92 Å². The highest BCUT2D eigenvalue weighted by molar-refractivity contribution is 7.12. The molecule has 0 fully saturated rings. The van der Waals surface area contributed by atoms with E-state index in [2.05, 4.69) is 19.2 Å². The van der Waals surface area contributed by atoms with Crippen LogP contribution in [0, 0.1) is 5.92 Å². The largest absolute Gasteiger partial charge is 0.469 e. The molecule has 0 saturated carbocycles. The normalized spacial score (nSPS) is 12.5. The molecule has 1 atom stereocenters. The van der Waals surface area contributed by atoms with Crippen molar-refractivity contribution in [1.29, 1.82) is 0 Å². The smallest absolute Gasteiger partial charge is 0.261 e. The molecule has 2 rings (SSSR count). The van der Waals surface area contributed by atoms with E-state index < -0.39 is 0 Å². The Kier molecular flexibility index (Phi) is 6.05. The third-order valence-electron chi connectivity index (χ3n) is 3.56. The highest BCUT2D eigenvalue weighted by Gasteiger charge is 2.15. The van der Waals surface area contributed by atoms with Crippen LogP contribution in [0.15, 0.2) is 40.3 Å². The maximum Gasteiger partial charge on any atom is 0.261 e. The van der Waals surface area contributed by atoms with E-state index in [0.29, 0.717) is 18.4 Å². The molecule has 114 valence electrons. The monoisotopic (exact) mass is 305 g/mol. The second kappa shape index (κ2) is 8.03. The van der Waals surface area contributed by atoms with Gasteiger partial charge in [0.2, 0.25) is 0 Å². The summed E-state index contributed by atoms with van der Waals surface area (Å²) in [6.07, 6.45) is 4.91. The molecule has 0 aliphatic heterocycles. The van der Waals surface area contributed by atoms with Gasteiger partial charge in [0.15, 0.2) is 0 Å². The summed E-state index contributed by atoms with van der Waals surface area (Å²) in [5, 5.41) is 4.91. The summed E-state index contributed by atoms with van der Waals surface area (Å²) >= 11 is 1.47. The topological polar surface area (TPSA) is 42.2 Å². The zero-order chi connectivity index (χ0) is 15.1. The van der Waals surface area contributed by atoms with E-state index in [1.807, 2.05) is 29.6 Å². The van der Waals surface area contributed by atoms with Gasteiger partial charge in [0, 0.05) is 12.5 Å². The summed E-state index contributed by atoms with van der Waals surface area (Å²) in [6.45, 7) is 5.15. The number of rotatable bonds is 8. The Labute approximate surface area is 130 Å². The Balaban J connectivity index is 1.83. The van der Waals surface area contributed by atoms with Crippen molar-refractivity contribution in [3.8, 4) is 0 Å². The van der Waals surface area contributed by atoms with Crippen LogP contribution in [0.1, 0.15) is 54.5 Å². The van der Waals surface area contributed by atoms with E-state index in [-0.39, 0.29) is 5.91 Å². The lowest BCUT2D eigenvalue weighted by Gasteiger charge is -2.16. The molecule has 0 unspecified atom stereocenters. The highest BCUT2D eigenvalue weighted by atomic mass is 32.1. The second-order valence-electron chi connectivity index (χ2n) is 5.71. The van der Waals surface area contributed by atoms with Crippen molar-refractivity contribution in [2.75, 3.05) is 6.54 Å². The van der Waals surface area contributed by atoms with Crippen LogP contribution in [0.4, 0.5) is 0 Å². The minimum absolute atomic E-state index is 0.0204. The number of hydrogen-bond acceptors (Lipinski definition) is 3. The standard InChI is InChI=1S/C17H23NO2S/c1-13(2)7-8-14(15-5-3-11-20-15)9-10-18-17(19)16-6-4-12-21-16/h3-6,11-14H,7-10H2,1-2H3,(H,18,19)/t14-/m0/s1. The molecule has 2 heterocycles. The van der Waals surface area contributed by atoms with Gasteiger partial charge in [0.05, 0.1) is 11.1 Å². The minimum Gasteiger partial charge on any atom is -0.469 e. The van der Waals surface area contributed by atoms with E-state index in [0.717, 1.165) is 23.5 Å². The fraction of sp³-hybridized carbons (Fsp3) is 0.471. The first kappa shape index (κ1) is 15.8. The quantitative estimate of drug-likeness (QED) is 0.769. The van der Waals surface area contributed by atoms with Gasteiger partial charge >= 0.3 is 0 Å². The average Bonchev–Trinajstić information content (AvgIpc) is 3.13. The molecule has 21 heavy (non-hydrogen) atoms. The number of carbonyl (C=O) groups is 1. The van der Waals surface area contributed by atoms with Gasteiger partial charge in [-0.05, 0) is 42.3 Å². The number of thiophene rings is 1. The molecule has 1 amide bonds. The highest BCUT2D eigenvalue weighted by Crippen LogP contribution is 2.26. The van der Waals surface area contributed by atoms with Crippen LogP contribution >= 0.6 is 11.3 Å². The predicted octanol–water partition coefficient (Wildman–Crippen LogP) is 4.68. The molecular weight excluding hydrogens is 282 g/mol. The van der Waals surface area contributed by atoms with Gasteiger partial charge in [-0.25, -0.2) is 0 Å². The fourth-order valence-electron chi connectivity index (χ4n) is 2.34. The second-order valence-corrected chi connectivity index (χ2v) is 6.65. The molecule has 3 nitrogen and oxygen atoms in total. The third kappa shape index (κ3) is 5.05. The Morgan fingerprint density at radius 1 is 1.24 bits per heavy atom. The molecular formula is C17H23NO2S. The van der Waals surface area contributed by atoms with E-state index in [1.54, 1.807) is 6.26 Å². The van der Waals surface area contributed by atoms with Crippen molar-refractivity contribution in [2.45, 2.75) is 39.0 Å². The van der Waals surface area contributed by atoms with Gasteiger partial charge < -0.3 is 9.73 Å². The van der Waals surface area contributed by atoms with Gasteiger partial charge in [0.25, 0.3) is 5.91 Å². The molecule has 1 N–H and O–H groups in total. The molecule has 4 heteroatoms.